The van der Waals surface area contributed by atoms with E-state index in [-0.39, 0.29) is 23.9 Å². The Morgan fingerprint density at radius 3 is 2.23 bits per heavy atom. The maximum absolute atomic E-state index is 13.3. The number of carbonyl (C=O) groups excluding carboxylic acids is 1. The number of carbonyl (C=O) groups is 1. The summed E-state index contributed by atoms with van der Waals surface area (Å²) < 4.78 is 30.8. The van der Waals surface area contributed by atoms with E-state index in [0.29, 0.717) is 0 Å². The largest absolute Gasteiger partial charge is 0.466 e. The molecule has 0 bridgehead atoms. The van der Waals surface area contributed by atoms with Crippen molar-refractivity contribution in [3.05, 3.63) is 65.7 Å². The van der Waals surface area contributed by atoms with Crippen LogP contribution in [-0.2, 0) is 19.4 Å². The van der Waals surface area contributed by atoms with Crippen LogP contribution in [0.15, 0.2) is 59.5 Å². The number of aryl methyl sites for hydroxylation is 1. The number of hydrogen-bond donors (Lipinski definition) is 0. The second-order valence-electron chi connectivity index (χ2n) is 5.99. The molecule has 0 amide bonds. The van der Waals surface area contributed by atoms with Gasteiger partial charge in [0.25, 0.3) is 0 Å². The molecule has 0 radical (unpaired) electrons. The summed E-state index contributed by atoms with van der Waals surface area (Å²) in [7, 11) is -3.62. The fraction of sp³-hybridized carbons (Fsp3) is 0.350. The number of ether oxygens (including phenoxy) is 1. The third kappa shape index (κ3) is 4.89. The summed E-state index contributed by atoms with van der Waals surface area (Å²) in [6.45, 7) is 3.93. The number of esters is 1. The van der Waals surface area contributed by atoms with E-state index in [4.69, 9.17) is 4.74 Å². The average Bonchev–Trinajstić information content (AvgIpc) is 2.62. The van der Waals surface area contributed by atoms with Gasteiger partial charge in [0, 0.05) is 5.92 Å². The molecule has 0 aliphatic heterocycles. The Labute approximate surface area is 159 Å². The van der Waals surface area contributed by atoms with Crippen LogP contribution in [0.2, 0.25) is 0 Å². The monoisotopic (exact) mass is 392 g/mol. The standard InChI is InChI=1S/C20H24O4S2/c1-4-24-19(21)14-18(16-8-6-5-7-9-16)20(25-3)26(22,23)17-12-10-15(2)11-13-17/h5-13,18,20H,4,14H2,1-3H3. The Bertz CT molecular complexity index is 815. The first-order valence-electron chi connectivity index (χ1n) is 8.44. The molecule has 6 heteroatoms. The molecule has 26 heavy (non-hydrogen) atoms. The van der Waals surface area contributed by atoms with E-state index >= 15 is 0 Å². The van der Waals surface area contributed by atoms with Crippen molar-refractivity contribution >= 4 is 27.6 Å². The van der Waals surface area contributed by atoms with E-state index in [1.807, 2.05) is 37.3 Å². The van der Waals surface area contributed by atoms with Crippen LogP contribution in [0, 0.1) is 6.92 Å². The zero-order valence-corrected chi connectivity index (χ0v) is 16.8. The molecule has 2 rings (SSSR count). The molecular weight excluding hydrogens is 368 g/mol. The lowest BCUT2D eigenvalue weighted by molar-refractivity contribution is -0.143. The highest BCUT2D eigenvalue weighted by Crippen LogP contribution is 2.37. The predicted molar refractivity (Wildman–Crippen MR) is 106 cm³/mol. The Kier molecular flexibility index (Phi) is 7.29. The molecule has 0 spiro atoms. The molecule has 0 saturated heterocycles. The molecule has 2 atom stereocenters. The number of benzene rings is 2. The van der Waals surface area contributed by atoms with Crippen molar-refractivity contribution in [3.8, 4) is 0 Å². The zero-order chi connectivity index (χ0) is 19.2. The topological polar surface area (TPSA) is 60.4 Å². The first kappa shape index (κ1) is 20.5. The van der Waals surface area contributed by atoms with Gasteiger partial charge in [-0.2, -0.15) is 0 Å². The van der Waals surface area contributed by atoms with Crippen molar-refractivity contribution in [2.75, 3.05) is 12.9 Å². The number of hydrogen-bond acceptors (Lipinski definition) is 5. The van der Waals surface area contributed by atoms with Crippen LogP contribution in [0.1, 0.15) is 30.4 Å². The van der Waals surface area contributed by atoms with Crippen molar-refractivity contribution in [1.29, 1.82) is 0 Å². The lowest BCUT2D eigenvalue weighted by atomic mass is 9.97. The Morgan fingerprint density at radius 2 is 1.69 bits per heavy atom. The van der Waals surface area contributed by atoms with E-state index in [0.717, 1.165) is 11.1 Å². The second-order valence-corrected chi connectivity index (χ2v) is 9.34. The number of thioether (sulfide) groups is 1. The van der Waals surface area contributed by atoms with Gasteiger partial charge in [-0.25, -0.2) is 8.42 Å². The van der Waals surface area contributed by atoms with Crippen LogP contribution in [0.4, 0.5) is 0 Å². The molecule has 140 valence electrons. The molecule has 4 nitrogen and oxygen atoms in total. The molecule has 0 heterocycles. The fourth-order valence-electron chi connectivity index (χ4n) is 2.84. The van der Waals surface area contributed by atoms with Crippen molar-refractivity contribution in [2.24, 2.45) is 0 Å². The predicted octanol–water partition coefficient (Wildman–Crippen LogP) is 4.19. The van der Waals surface area contributed by atoms with Gasteiger partial charge in [0.1, 0.15) is 4.58 Å². The lowest BCUT2D eigenvalue weighted by Crippen LogP contribution is -2.28. The maximum atomic E-state index is 13.3. The molecular formula is C20H24O4S2. The van der Waals surface area contributed by atoms with Crippen LogP contribution in [0.25, 0.3) is 0 Å². The highest BCUT2D eigenvalue weighted by atomic mass is 32.3. The first-order valence-corrected chi connectivity index (χ1v) is 11.3. The minimum absolute atomic E-state index is 0.0223. The Hall–Kier alpha value is -1.79. The van der Waals surface area contributed by atoms with Crippen molar-refractivity contribution in [3.63, 3.8) is 0 Å². The SMILES string of the molecule is CCOC(=O)CC(c1ccccc1)C(SC)S(=O)(=O)c1ccc(C)cc1. The van der Waals surface area contributed by atoms with Gasteiger partial charge in [-0.3, -0.25) is 4.79 Å². The first-order chi connectivity index (χ1) is 12.4. The highest BCUT2D eigenvalue weighted by molar-refractivity contribution is 8.13. The van der Waals surface area contributed by atoms with Gasteiger partial charge >= 0.3 is 5.97 Å². The summed E-state index contributed by atoms with van der Waals surface area (Å²) in [6.07, 6.45) is 1.78. The molecule has 2 aromatic rings. The molecule has 0 N–H and O–H groups in total. The Balaban J connectivity index is 2.45. The number of sulfone groups is 1. The smallest absolute Gasteiger partial charge is 0.306 e. The maximum Gasteiger partial charge on any atom is 0.306 e. The van der Waals surface area contributed by atoms with Gasteiger partial charge < -0.3 is 4.74 Å². The molecule has 0 fully saturated rings. The fourth-order valence-corrected chi connectivity index (χ4v) is 6.24. The van der Waals surface area contributed by atoms with Crippen molar-refractivity contribution < 1.29 is 17.9 Å². The van der Waals surface area contributed by atoms with Gasteiger partial charge in [-0.1, -0.05) is 48.0 Å². The van der Waals surface area contributed by atoms with Crippen molar-refractivity contribution in [1.82, 2.24) is 0 Å². The van der Waals surface area contributed by atoms with Crippen LogP contribution < -0.4 is 0 Å². The van der Waals surface area contributed by atoms with Gasteiger partial charge in [-0.05, 0) is 37.8 Å². The normalized spacial score (nSPS) is 13.8. The zero-order valence-electron chi connectivity index (χ0n) is 15.2. The summed E-state index contributed by atoms with van der Waals surface area (Å²) in [6, 6.07) is 16.1. The lowest BCUT2D eigenvalue weighted by Gasteiger charge is -2.25. The van der Waals surface area contributed by atoms with E-state index in [1.54, 1.807) is 37.4 Å². The van der Waals surface area contributed by atoms with E-state index in [1.165, 1.54) is 11.8 Å². The van der Waals surface area contributed by atoms with Gasteiger partial charge in [0.05, 0.1) is 17.9 Å². The summed E-state index contributed by atoms with van der Waals surface area (Å²) in [5, 5.41) is 0. The molecule has 0 aromatic heterocycles. The second kappa shape index (κ2) is 9.24. The summed E-state index contributed by atoms with van der Waals surface area (Å²) in [5.74, 6) is -0.879. The molecule has 2 unspecified atom stereocenters. The van der Waals surface area contributed by atoms with Gasteiger partial charge in [0.2, 0.25) is 0 Å². The van der Waals surface area contributed by atoms with Crippen LogP contribution >= 0.6 is 11.8 Å². The minimum atomic E-state index is -3.62. The van der Waals surface area contributed by atoms with E-state index < -0.39 is 20.3 Å². The summed E-state index contributed by atoms with van der Waals surface area (Å²) >= 11 is 1.24. The van der Waals surface area contributed by atoms with Crippen molar-refractivity contribution in [2.45, 2.75) is 35.7 Å². The number of rotatable bonds is 8. The van der Waals surface area contributed by atoms with E-state index in [2.05, 4.69) is 0 Å². The quantitative estimate of drug-likeness (QED) is 0.630. The average molecular weight is 393 g/mol. The Morgan fingerprint density at radius 1 is 1.08 bits per heavy atom. The third-order valence-corrected chi connectivity index (χ3v) is 8.14. The van der Waals surface area contributed by atoms with Gasteiger partial charge in [-0.15, -0.1) is 11.8 Å². The van der Waals surface area contributed by atoms with Crippen LogP contribution in [-0.4, -0.2) is 31.8 Å². The van der Waals surface area contributed by atoms with Crippen LogP contribution in [0.5, 0.6) is 0 Å². The van der Waals surface area contributed by atoms with E-state index in [9.17, 15) is 13.2 Å². The third-order valence-electron chi connectivity index (χ3n) is 4.14. The summed E-state index contributed by atoms with van der Waals surface area (Å²) in [5.41, 5.74) is 1.81. The molecule has 2 aromatic carbocycles. The summed E-state index contributed by atoms with van der Waals surface area (Å²) in [4.78, 5) is 12.4. The molecule has 0 aliphatic rings. The van der Waals surface area contributed by atoms with Gasteiger partial charge in [0.15, 0.2) is 9.84 Å². The van der Waals surface area contributed by atoms with Crippen LogP contribution in [0.3, 0.4) is 0 Å². The molecule has 0 saturated carbocycles. The minimum Gasteiger partial charge on any atom is -0.466 e. The highest BCUT2D eigenvalue weighted by Gasteiger charge is 2.36. The molecule has 0 aliphatic carbocycles.